The van der Waals surface area contributed by atoms with Gasteiger partial charge in [0, 0.05) is 5.54 Å². The zero-order chi connectivity index (χ0) is 12.5. The van der Waals surface area contributed by atoms with Crippen LogP contribution in [-0.2, 0) is 6.42 Å². The van der Waals surface area contributed by atoms with Crippen molar-refractivity contribution >= 4 is 0 Å². The van der Waals surface area contributed by atoms with Gasteiger partial charge in [-0.2, -0.15) is 0 Å². The van der Waals surface area contributed by atoms with E-state index < -0.39 is 0 Å². The van der Waals surface area contributed by atoms with Gasteiger partial charge in [0.1, 0.15) is 5.82 Å². The molecular formula is C15H22FN. The second-order valence-corrected chi connectivity index (χ2v) is 5.63. The molecule has 1 fully saturated rings. The van der Waals surface area contributed by atoms with Crippen LogP contribution in [0.3, 0.4) is 0 Å². The monoisotopic (exact) mass is 235 g/mol. The molecule has 1 aromatic carbocycles. The van der Waals surface area contributed by atoms with Crippen LogP contribution in [0.1, 0.15) is 43.7 Å². The first-order chi connectivity index (χ1) is 8.01. The van der Waals surface area contributed by atoms with Crippen LogP contribution in [0.5, 0.6) is 0 Å². The van der Waals surface area contributed by atoms with E-state index in [1.54, 1.807) is 6.07 Å². The van der Waals surface area contributed by atoms with Gasteiger partial charge in [0.05, 0.1) is 0 Å². The Balaban J connectivity index is 2.21. The molecule has 2 N–H and O–H groups in total. The van der Waals surface area contributed by atoms with Gasteiger partial charge in [-0.25, -0.2) is 4.39 Å². The van der Waals surface area contributed by atoms with Crippen LogP contribution in [0.15, 0.2) is 18.2 Å². The summed E-state index contributed by atoms with van der Waals surface area (Å²) in [5.74, 6) is 0.372. The lowest BCUT2D eigenvalue weighted by Gasteiger charge is -2.40. The average molecular weight is 235 g/mol. The van der Waals surface area contributed by atoms with E-state index in [-0.39, 0.29) is 11.4 Å². The normalized spacial score (nSPS) is 29.3. The van der Waals surface area contributed by atoms with Crippen molar-refractivity contribution in [1.82, 2.24) is 0 Å². The van der Waals surface area contributed by atoms with Gasteiger partial charge in [0.25, 0.3) is 0 Å². The number of hydrogen-bond acceptors (Lipinski definition) is 1. The number of hydrogen-bond donors (Lipinski definition) is 1. The highest BCUT2D eigenvalue weighted by Gasteiger charge is 2.34. The summed E-state index contributed by atoms with van der Waals surface area (Å²) in [7, 11) is 0. The van der Waals surface area contributed by atoms with Crippen LogP contribution < -0.4 is 5.73 Å². The summed E-state index contributed by atoms with van der Waals surface area (Å²) in [4.78, 5) is 0. The molecule has 0 saturated heterocycles. The molecule has 2 heteroatoms. The van der Waals surface area contributed by atoms with Crippen LogP contribution in [0.25, 0.3) is 0 Å². The third-order valence-corrected chi connectivity index (χ3v) is 4.34. The van der Waals surface area contributed by atoms with E-state index in [0.717, 1.165) is 24.0 Å². The summed E-state index contributed by atoms with van der Waals surface area (Å²) in [6, 6.07) is 5.01. The van der Waals surface area contributed by atoms with E-state index in [1.165, 1.54) is 25.3 Å². The molecule has 1 aliphatic carbocycles. The van der Waals surface area contributed by atoms with Gasteiger partial charge in [-0.05, 0) is 55.4 Å². The van der Waals surface area contributed by atoms with Crippen molar-refractivity contribution in [3.63, 3.8) is 0 Å². The Kier molecular flexibility index (Phi) is 3.53. The van der Waals surface area contributed by atoms with Gasteiger partial charge in [-0.1, -0.05) is 25.8 Å². The first kappa shape index (κ1) is 12.6. The Morgan fingerprint density at radius 2 is 2.18 bits per heavy atom. The zero-order valence-corrected chi connectivity index (χ0v) is 10.8. The molecule has 2 atom stereocenters. The minimum absolute atomic E-state index is 0.142. The Morgan fingerprint density at radius 1 is 1.41 bits per heavy atom. The fourth-order valence-electron chi connectivity index (χ4n) is 2.89. The van der Waals surface area contributed by atoms with E-state index in [4.69, 9.17) is 5.73 Å². The molecule has 1 aliphatic rings. The first-order valence-corrected chi connectivity index (χ1v) is 6.55. The van der Waals surface area contributed by atoms with Crippen molar-refractivity contribution in [1.29, 1.82) is 0 Å². The lowest BCUT2D eigenvalue weighted by Crippen LogP contribution is -2.50. The Hall–Kier alpha value is -0.890. The lowest BCUT2D eigenvalue weighted by molar-refractivity contribution is 0.203. The van der Waals surface area contributed by atoms with Crippen molar-refractivity contribution in [3.8, 4) is 0 Å². The average Bonchev–Trinajstić information content (AvgIpc) is 2.28. The summed E-state index contributed by atoms with van der Waals surface area (Å²) in [5.41, 5.74) is 8.61. The Labute approximate surface area is 103 Å². The highest BCUT2D eigenvalue weighted by molar-refractivity contribution is 5.28. The third-order valence-electron chi connectivity index (χ3n) is 4.34. The summed E-state index contributed by atoms with van der Waals surface area (Å²) in [6.07, 6.45) is 5.55. The largest absolute Gasteiger partial charge is 0.325 e. The maximum absolute atomic E-state index is 13.3. The molecule has 0 radical (unpaired) electrons. The molecule has 0 aromatic heterocycles. The van der Waals surface area contributed by atoms with Crippen LogP contribution in [0, 0.1) is 18.7 Å². The van der Waals surface area contributed by atoms with Crippen LogP contribution >= 0.6 is 0 Å². The first-order valence-electron chi connectivity index (χ1n) is 6.55. The molecule has 94 valence electrons. The van der Waals surface area contributed by atoms with E-state index in [9.17, 15) is 4.39 Å². The number of halogens is 1. The van der Waals surface area contributed by atoms with Gasteiger partial charge in [0.15, 0.2) is 0 Å². The van der Waals surface area contributed by atoms with Crippen molar-refractivity contribution in [3.05, 3.63) is 35.1 Å². The number of benzene rings is 1. The standard InChI is InChI=1S/C15H22FN/c1-11-6-7-14(16)9-13(11)10-15(17)8-4-3-5-12(15)2/h6-7,9,12H,3-5,8,10,17H2,1-2H3. The van der Waals surface area contributed by atoms with Crippen molar-refractivity contribution in [2.75, 3.05) is 0 Å². The fraction of sp³-hybridized carbons (Fsp3) is 0.600. The molecule has 17 heavy (non-hydrogen) atoms. The molecule has 0 aliphatic heterocycles. The summed E-state index contributed by atoms with van der Waals surface area (Å²) in [6.45, 7) is 4.26. The minimum Gasteiger partial charge on any atom is -0.325 e. The van der Waals surface area contributed by atoms with Crippen LogP contribution in [0.2, 0.25) is 0 Å². The Bertz CT molecular complexity index is 402. The maximum Gasteiger partial charge on any atom is 0.123 e. The topological polar surface area (TPSA) is 26.0 Å². The highest BCUT2D eigenvalue weighted by Crippen LogP contribution is 2.34. The van der Waals surface area contributed by atoms with E-state index in [2.05, 4.69) is 6.92 Å². The molecule has 1 aromatic rings. The second-order valence-electron chi connectivity index (χ2n) is 5.63. The van der Waals surface area contributed by atoms with Crippen LogP contribution in [0.4, 0.5) is 4.39 Å². The smallest absolute Gasteiger partial charge is 0.123 e. The highest BCUT2D eigenvalue weighted by atomic mass is 19.1. The fourth-order valence-corrected chi connectivity index (χ4v) is 2.89. The molecule has 0 bridgehead atoms. The molecule has 1 saturated carbocycles. The van der Waals surface area contributed by atoms with Crippen LogP contribution in [-0.4, -0.2) is 5.54 Å². The minimum atomic E-state index is -0.155. The molecule has 0 spiro atoms. The quantitative estimate of drug-likeness (QED) is 0.833. The van der Waals surface area contributed by atoms with Gasteiger partial charge in [0.2, 0.25) is 0 Å². The van der Waals surface area contributed by atoms with E-state index in [1.807, 2.05) is 13.0 Å². The van der Waals surface area contributed by atoms with Crippen molar-refractivity contribution in [2.45, 2.75) is 51.5 Å². The number of nitrogens with two attached hydrogens (primary N) is 1. The maximum atomic E-state index is 13.3. The molecule has 2 unspecified atom stereocenters. The van der Waals surface area contributed by atoms with Gasteiger partial charge in [-0.15, -0.1) is 0 Å². The lowest BCUT2D eigenvalue weighted by atomic mass is 9.71. The molecule has 0 amide bonds. The predicted molar refractivity (Wildman–Crippen MR) is 69.4 cm³/mol. The van der Waals surface area contributed by atoms with Gasteiger partial charge in [-0.3, -0.25) is 0 Å². The number of aryl methyl sites for hydroxylation is 1. The van der Waals surface area contributed by atoms with E-state index >= 15 is 0 Å². The molecule has 1 nitrogen and oxygen atoms in total. The predicted octanol–water partition coefficient (Wildman–Crippen LogP) is 3.58. The van der Waals surface area contributed by atoms with Gasteiger partial charge < -0.3 is 5.73 Å². The van der Waals surface area contributed by atoms with Gasteiger partial charge >= 0.3 is 0 Å². The molecular weight excluding hydrogens is 213 g/mol. The van der Waals surface area contributed by atoms with Crippen molar-refractivity contribution < 1.29 is 4.39 Å². The third kappa shape index (κ3) is 2.68. The molecule has 0 heterocycles. The summed E-state index contributed by atoms with van der Waals surface area (Å²) < 4.78 is 13.3. The van der Waals surface area contributed by atoms with Crippen molar-refractivity contribution in [2.24, 2.45) is 11.7 Å². The number of rotatable bonds is 2. The van der Waals surface area contributed by atoms with E-state index in [0.29, 0.717) is 5.92 Å². The Morgan fingerprint density at radius 3 is 2.88 bits per heavy atom. The molecule has 2 rings (SSSR count). The zero-order valence-electron chi connectivity index (χ0n) is 10.8. The summed E-state index contributed by atoms with van der Waals surface area (Å²) >= 11 is 0. The second kappa shape index (κ2) is 4.77. The summed E-state index contributed by atoms with van der Waals surface area (Å²) in [5, 5.41) is 0. The SMILES string of the molecule is Cc1ccc(F)cc1CC1(N)CCCCC1C.